The summed E-state index contributed by atoms with van der Waals surface area (Å²) in [4.78, 5) is 25.3. The van der Waals surface area contributed by atoms with E-state index >= 15 is 0 Å². The number of hydrogen-bond acceptors (Lipinski definition) is 6. The van der Waals surface area contributed by atoms with E-state index in [-0.39, 0.29) is 18.9 Å². The number of aliphatic carboxylic acids is 1. The number of carboxylic acid groups (broad SMARTS) is 1. The van der Waals surface area contributed by atoms with Gasteiger partial charge in [-0.2, -0.15) is 0 Å². The maximum absolute atomic E-state index is 13.6. The lowest BCUT2D eigenvalue weighted by atomic mass is 9.71. The van der Waals surface area contributed by atoms with Crippen molar-refractivity contribution in [1.82, 2.24) is 4.57 Å². The van der Waals surface area contributed by atoms with E-state index in [2.05, 4.69) is 15.9 Å². The molecule has 0 radical (unpaired) electrons. The van der Waals surface area contributed by atoms with Crippen molar-refractivity contribution in [3.8, 4) is 5.75 Å². The van der Waals surface area contributed by atoms with Gasteiger partial charge in [0.25, 0.3) is 0 Å². The number of carboxylic acids is 1. The molecule has 0 amide bonds. The minimum Gasteiger partial charge on any atom is -0.491 e. The SMILES string of the molecule is CC1(C)c2cc(OCC(O)[C@H](O)CO)ccc2C(=O)c2c1n(CC(=O)O)c1cc(Br)ccc21. The highest BCUT2D eigenvalue weighted by molar-refractivity contribution is 9.10. The zero-order valence-electron chi connectivity index (χ0n) is 18.1. The van der Waals surface area contributed by atoms with Gasteiger partial charge < -0.3 is 29.7 Å². The van der Waals surface area contributed by atoms with Gasteiger partial charge >= 0.3 is 5.97 Å². The number of ketones is 1. The number of halogens is 1. The average Bonchev–Trinajstić information content (AvgIpc) is 3.09. The summed E-state index contributed by atoms with van der Waals surface area (Å²) in [6.07, 6.45) is -2.60. The molecular formula is C24H24BrNO7. The molecule has 4 rings (SSSR count). The van der Waals surface area contributed by atoms with Gasteiger partial charge in [0, 0.05) is 26.5 Å². The van der Waals surface area contributed by atoms with Crippen molar-refractivity contribution in [2.45, 2.75) is 38.0 Å². The predicted molar refractivity (Wildman–Crippen MR) is 124 cm³/mol. The van der Waals surface area contributed by atoms with Crippen molar-refractivity contribution in [2.75, 3.05) is 13.2 Å². The monoisotopic (exact) mass is 517 g/mol. The minimum absolute atomic E-state index is 0.196. The number of nitrogens with zero attached hydrogens (tertiary/aromatic N) is 1. The van der Waals surface area contributed by atoms with E-state index in [1.165, 1.54) is 0 Å². The van der Waals surface area contributed by atoms with Gasteiger partial charge in [0.1, 0.15) is 31.1 Å². The first-order valence-corrected chi connectivity index (χ1v) is 11.2. The van der Waals surface area contributed by atoms with Gasteiger partial charge in [0.2, 0.25) is 0 Å². The molecule has 0 fully saturated rings. The van der Waals surface area contributed by atoms with Crippen LogP contribution >= 0.6 is 15.9 Å². The van der Waals surface area contributed by atoms with Gasteiger partial charge in [-0.05, 0) is 35.9 Å². The molecule has 2 atom stereocenters. The lowest BCUT2D eigenvalue weighted by Gasteiger charge is -2.34. The highest BCUT2D eigenvalue weighted by Crippen LogP contribution is 2.46. The number of ether oxygens (including phenoxy) is 1. The zero-order valence-corrected chi connectivity index (χ0v) is 19.7. The number of benzene rings is 2. The van der Waals surface area contributed by atoms with Crippen molar-refractivity contribution in [3.05, 3.63) is 63.3 Å². The Morgan fingerprint density at radius 3 is 2.55 bits per heavy atom. The molecule has 1 aliphatic carbocycles. The van der Waals surface area contributed by atoms with E-state index in [0.717, 1.165) is 4.47 Å². The Balaban J connectivity index is 1.84. The quantitative estimate of drug-likeness (QED) is 0.378. The van der Waals surface area contributed by atoms with Crippen LogP contribution < -0.4 is 4.74 Å². The smallest absolute Gasteiger partial charge is 0.323 e. The van der Waals surface area contributed by atoms with Crippen LogP contribution in [0.2, 0.25) is 0 Å². The lowest BCUT2D eigenvalue weighted by Crippen LogP contribution is -2.35. The molecule has 0 aliphatic heterocycles. The third-order valence-corrected chi connectivity index (χ3v) is 6.59. The maximum atomic E-state index is 13.6. The molecule has 1 aliphatic rings. The summed E-state index contributed by atoms with van der Waals surface area (Å²) in [6, 6.07) is 10.4. The molecule has 3 aromatic rings. The molecule has 8 nitrogen and oxygen atoms in total. The standard InChI is InChI=1S/C24H24BrNO7/c1-24(2)16-8-13(33-11-19(29)18(28)10-27)4-6-14(16)22(32)21-15-5-3-12(25)7-17(15)26(23(21)24)9-20(30)31/h3-8,18-19,27-29H,9-11H2,1-2H3,(H,30,31)/t18-,19?/m1/s1. The second-order valence-electron chi connectivity index (χ2n) is 8.65. The van der Waals surface area contributed by atoms with Gasteiger partial charge in [-0.1, -0.05) is 35.8 Å². The lowest BCUT2D eigenvalue weighted by molar-refractivity contribution is -0.137. The number of fused-ring (bicyclic) bond motifs is 4. The zero-order chi connectivity index (χ0) is 24.1. The van der Waals surface area contributed by atoms with E-state index in [1.54, 1.807) is 22.8 Å². The fourth-order valence-electron chi connectivity index (χ4n) is 4.51. The van der Waals surface area contributed by atoms with Crippen LogP contribution in [0.15, 0.2) is 40.9 Å². The fraction of sp³-hybridized carbons (Fsp3) is 0.333. The molecule has 174 valence electrons. The maximum Gasteiger partial charge on any atom is 0.323 e. The van der Waals surface area contributed by atoms with Crippen molar-refractivity contribution in [3.63, 3.8) is 0 Å². The van der Waals surface area contributed by atoms with E-state index < -0.39 is 30.2 Å². The van der Waals surface area contributed by atoms with E-state index in [4.69, 9.17) is 9.84 Å². The summed E-state index contributed by atoms with van der Waals surface area (Å²) in [6.45, 7) is 2.72. The first-order valence-electron chi connectivity index (χ1n) is 10.4. The second-order valence-corrected chi connectivity index (χ2v) is 9.57. The van der Waals surface area contributed by atoms with E-state index in [1.807, 2.05) is 32.0 Å². The van der Waals surface area contributed by atoms with Crippen LogP contribution in [-0.4, -0.2) is 62.2 Å². The Hall–Kier alpha value is -2.72. The highest BCUT2D eigenvalue weighted by Gasteiger charge is 2.42. The summed E-state index contributed by atoms with van der Waals surface area (Å²) in [7, 11) is 0. The number of carbonyl (C=O) groups excluding carboxylic acids is 1. The topological polar surface area (TPSA) is 129 Å². The summed E-state index contributed by atoms with van der Waals surface area (Å²) in [5.74, 6) is -0.832. The van der Waals surface area contributed by atoms with Crippen LogP contribution in [0, 0.1) is 0 Å². The molecular weight excluding hydrogens is 494 g/mol. The Kier molecular flexibility index (Phi) is 6.09. The molecule has 2 aromatic carbocycles. The minimum atomic E-state index is -1.32. The van der Waals surface area contributed by atoms with E-state index in [0.29, 0.717) is 39.0 Å². The summed E-state index contributed by atoms with van der Waals surface area (Å²) < 4.78 is 8.05. The first kappa shape index (κ1) is 23.4. The number of hydrogen-bond donors (Lipinski definition) is 4. The van der Waals surface area contributed by atoms with Crippen molar-refractivity contribution >= 4 is 38.6 Å². The molecule has 0 bridgehead atoms. The third-order valence-electron chi connectivity index (χ3n) is 6.10. The van der Waals surface area contributed by atoms with Crippen LogP contribution in [0.3, 0.4) is 0 Å². The number of carbonyl (C=O) groups is 2. The normalized spacial score (nSPS) is 16.2. The fourth-order valence-corrected chi connectivity index (χ4v) is 4.86. The Labute approximate surface area is 198 Å². The highest BCUT2D eigenvalue weighted by atomic mass is 79.9. The van der Waals surface area contributed by atoms with Gasteiger partial charge in [-0.25, -0.2) is 0 Å². The van der Waals surface area contributed by atoms with Gasteiger partial charge in [-0.3, -0.25) is 9.59 Å². The predicted octanol–water partition coefficient (Wildman–Crippen LogP) is 2.45. The van der Waals surface area contributed by atoms with Crippen LogP contribution in [0.25, 0.3) is 10.9 Å². The summed E-state index contributed by atoms with van der Waals surface area (Å²) in [5.41, 5.74) is 2.19. The Morgan fingerprint density at radius 2 is 1.88 bits per heavy atom. The van der Waals surface area contributed by atoms with Crippen molar-refractivity contribution in [2.24, 2.45) is 0 Å². The number of rotatable bonds is 7. The second kappa shape index (κ2) is 8.57. The molecule has 4 N–H and O–H groups in total. The van der Waals surface area contributed by atoms with Crippen molar-refractivity contribution < 1.29 is 34.8 Å². The number of aromatic nitrogens is 1. The first-order chi connectivity index (χ1) is 15.6. The molecule has 1 aromatic heterocycles. The van der Waals surface area contributed by atoms with Gasteiger partial charge in [0.05, 0.1) is 17.7 Å². The molecule has 33 heavy (non-hydrogen) atoms. The molecule has 1 heterocycles. The molecule has 0 saturated carbocycles. The van der Waals surface area contributed by atoms with Crippen molar-refractivity contribution in [1.29, 1.82) is 0 Å². The summed E-state index contributed by atoms with van der Waals surface area (Å²) in [5, 5.41) is 38.6. The number of aliphatic hydroxyl groups excluding tert-OH is 3. The van der Waals surface area contributed by atoms with E-state index in [9.17, 15) is 24.9 Å². The Morgan fingerprint density at radius 1 is 1.15 bits per heavy atom. The number of aliphatic hydroxyl groups is 3. The molecule has 1 unspecified atom stereocenters. The Bertz CT molecular complexity index is 1260. The van der Waals surface area contributed by atoms with Crippen LogP contribution in [0.1, 0.15) is 41.0 Å². The average molecular weight is 518 g/mol. The van der Waals surface area contributed by atoms with Crippen LogP contribution in [-0.2, 0) is 16.8 Å². The van der Waals surface area contributed by atoms with Crippen LogP contribution in [0.5, 0.6) is 5.75 Å². The van der Waals surface area contributed by atoms with Gasteiger partial charge in [-0.15, -0.1) is 0 Å². The van der Waals surface area contributed by atoms with Crippen LogP contribution in [0.4, 0.5) is 0 Å². The molecule has 0 saturated heterocycles. The summed E-state index contributed by atoms with van der Waals surface area (Å²) >= 11 is 3.44. The third kappa shape index (κ3) is 3.95. The molecule has 0 spiro atoms. The van der Waals surface area contributed by atoms with Gasteiger partial charge in [0.15, 0.2) is 5.78 Å². The molecule has 9 heteroatoms. The largest absolute Gasteiger partial charge is 0.491 e.